The predicted molar refractivity (Wildman–Crippen MR) is 125 cm³/mol. The first-order valence-corrected chi connectivity index (χ1v) is 10.3. The molecular weight excluding hydrogens is 444 g/mol. The van der Waals surface area contributed by atoms with Gasteiger partial charge in [-0.05, 0) is 42.5 Å². The third kappa shape index (κ3) is 4.24. The number of hydrogen-bond acceptors (Lipinski definition) is 6. The molecule has 0 bridgehead atoms. The Morgan fingerprint density at radius 2 is 1.61 bits per heavy atom. The Hall–Kier alpha value is -3.94. The zero-order valence-corrected chi connectivity index (χ0v) is 18.3. The van der Waals surface area contributed by atoms with Gasteiger partial charge in [0, 0.05) is 16.1 Å². The number of methoxy groups -OCH3 is 1. The van der Waals surface area contributed by atoms with Gasteiger partial charge in [0.1, 0.15) is 17.5 Å². The van der Waals surface area contributed by atoms with Crippen molar-refractivity contribution < 1.29 is 19.1 Å². The van der Waals surface area contributed by atoms with E-state index in [1.54, 1.807) is 66.7 Å². The standard InChI is InChI=1S/C25H19ClN2O5/c1-32-25(31)22-20(21(27)24(30)33-17-10-6-3-7-11-17)23(29)18-13-12-15(26)14-19(18)28(22)16-8-4-2-5-9-16/h2-14,21H,27H2,1H3. The fourth-order valence-corrected chi connectivity index (χ4v) is 3.76. The van der Waals surface area contributed by atoms with E-state index >= 15 is 0 Å². The monoisotopic (exact) mass is 462 g/mol. The van der Waals surface area contributed by atoms with Crippen molar-refractivity contribution in [3.8, 4) is 11.4 Å². The summed E-state index contributed by atoms with van der Waals surface area (Å²) >= 11 is 6.21. The van der Waals surface area contributed by atoms with Crippen LogP contribution in [0.3, 0.4) is 0 Å². The van der Waals surface area contributed by atoms with Crippen molar-refractivity contribution >= 4 is 34.4 Å². The zero-order chi connectivity index (χ0) is 23.5. The summed E-state index contributed by atoms with van der Waals surface area (Å²) in [4.78, 5) is 39.4. The first kappa shape index (κ1) is 22.3. The predicted octanol–water partition coefficient (Wildman–Crippen LogP) is 4.04. The van der Waals surface area contributed by atoms with E-state index in [4.69, 9.17) is 26.8 Å². The minimum atomic E-state index is -1.55. The number of aromatic nitrogens is 1. The highest BCUT2D eigenvalue weighted by Crippen LogP contribution is 2.28. The van der Waals surface area contributed by atoms with Crippen LogP contribution in [0.25, 0.3) is 16.6 Å². The molecule has 1 unspecified atom stereocenters. The van der Waals surface area contributed by atoms with Gasteiger partial charge in [-0.15, -0.1) is 0 Å². The molecule has 8 heteroatoms. The van der Waals surface area contributed by atoms with Crippen molar-refractivity contribution in [1.82, 2.24) is 4.57 Å². The molecule has 2 N–H and O–H groups in total. The van der Waals surface area contributed by atoms with Crippen LogP contribution < -0.4 is 15.9 Å². The number of nitrogens with two attached hydrogens (primary N) is 1. The van der Waals surface area contributed by atoms with Crippen molar-refractivity contribution in [3.63, 3.8) is 0 Å². The molecule has 7 nitrogen and oxygen atoms in total. The topological polar surface area (TPSA) is 101 Å². The van der Waals surface area contributed by atoms with Gasteiger partial charge in [0.05, 0.1) is 18.2 Å². The van der Waals surface area contributed by atoms with Crippen molar-refractivity contribution in [2.45, 2.75) is 6.04 Å². The molecule has 0 radical (unpaired) electrons. The maximum atomic E-state index is 13.5. The SMILES string of the molecule is COC(=O)c1c(C(N)C(=O)Oc2ccccc2)c(=O)c2ccc(Cl)cc2n1-c1ccccc1. The van der Waals surface area contributed by atoms with Crippen LogP contribution in [0.1, 0.15) is 22.1 Å². The number of carbonyl (C=O) groups excluding carboxylic acids is 2. The Labute approximate surface area is 193 Å². The van der Waals surface area contributed by atoms with Gasteiger partial charge < -0.3 is 19.8 Å². The first-order valence-electron chi connectivity index (χ1n) is 9.96. The van der Waals surface area contributed by atoms with E-state index in [9.17, 15) is 14.4 Å². The number of carbonyl (C=O) groups is 2. The van der Waals surface area contributed by atoms with E-state index in [-0.39, 0.29) is 22.4 Å². The van der Waals surface area contributed by atoms with Gasteiger partial charge in [-0.25, -0.2) is 9.59 Å². The average Bonchev–Trinajstić information content (AvgIpc) is 2.84. The fourth-order valence-electron chi connectivity index (χ4n) is 3.59. The van der Waals surface area contributed by atoms with Crippen molar-refractivity contribution in [2.75, 3.05) is 7.11 Å². The molecular formula is C25H19ClN2O5. The second-order valence-electron chi connectivity index (χ2n) is 7.13. The van der Waals surface area contributed by atoms with Gasteiger partial charge in [0.15, 0.2) is 5.43 Å². The Kier molecular flexibility index (Phi) is 6.26. The van der Waals surface area contributed by atoms with E-state index in [1.165, 1.54) is 17.7 Å². The van der Waals surface area contributed by atoms with E-state index < -0.39 is 23.4 Å². The number of ether oxygens (including phenoxy) is 2. The summed E-state index contributed by atoms with van der Waals surface area (Å²) in [6.45, 7) is 0. The number of nitrogens with zero attached hydrogens (tertiary/aromatic N) is 1. The summed E-state index contributed by atoms with van der Waals surface area (Å²) in [5.74, 6) is -1.47. The first-order chi connectivity index (χ1) is 15.9. The zero-order valence-electron chi connectivity index (χ0n) is 17.5. The molecule has 0 saturated heterocycles. The second kappa shape index (κ2) is 9.28. The minimum Gasteiger partial charge on any atom is -0.464 e. The molecule has 4 rings (SSSR count). The van der Waals surface area contributed by atoms with E-state index in [2.05, 4.69) is 0 Å². The third-order valence-electron chi connectivity index (χ3n) is 5.09. The van der Waals surface area contributed by atoms with Crippen LogP contribution in [0, 0.1) is 0 Å². The van der Waals surface area contributed by atoms with Crippen LogP contribution >= 0.6 is 11.6 Å². The highest BCUT2D eigenvalue weighted by atomic mass is 35.5. The maximum absolute atomic E-state index is 13.5. The number of fused-ring (bicyclic) bond motifs is 1. The number of halogens is 1. The fraction of sp³-hybridized carbons (Fsp3) is 0.0800. The molecule has 0 aliphatic heterocycles. The van der Waals surface area contributed by atoms with Gasteiger partial charge in [-0.3, -0.25) is 4.79 Å². The lowest BCUT2D eigenvalue weighted by Crippen LogP contribution is -2.35. The van der Waals surface area contributed by atoms with Crippen LogP contribution in [0.15, 0.2) is 83.7 Å². The minimum absolute atomic E-state index is 0.180. The van der Waals surface area contributed by atoms with Crippen LogP contribution in [0.4, 0.5) is 0 Å². The lowest BCUT2D eigenvalue weighted by Gasteiger charge is -2.21. The van der Waals surface area contributed by atoms with Crippen LogP contribution in [0.5, 0.6) is 5.75 Å². The molecule has 166 valence electrons. The van der Waals surface area contributed by atoms with Crippen LogP contribution in [-0.4, -0.2) is 23.6 Å². The van der Waals surface area contributed by atoms with Crippen molar-refractivity contribution in [1.29, 1.82) is 0 Å². The number of benzene rings is 3. The normalized spacial score (nSPS) is 11.7. The Balaban J connectivity index is 2.02. The summed E-state index contributed by atoms with van der Waals surface area (Å²) in [7, 11) is 1.18. The number of rotatable bonds is 5. The van der Waals surface area contributed by atoms with Crippen LogP contribution in [-0.2, 0) is 9.53 Å². The molecule has 0 saturated carbocycles. The van der Waals surface area contributed by atoms with Crippen LogP contribution in [0.2, 0.25) is 5.02 Å². The molecule has 0 amide bonds. The molecule has 3 aromatic carbocycles. The summed E-state index contributed by atoms with van der Waals surface area (Å²) in [5.41, 5.74) is 6.14. The Morgan fingerprint density at radius 1 is 0.970 bits per heavy atom. The van der Waals surface area contributed by atoms with Gasteiger partial charge in [0.2, 0.25) is 0 Å². The molecule has 33 heavy (non-hydrogen) atoms. The van der Waals surface area contributed by atoms with Gasteiger partial charge in [-0.1, -0.05) is 48.0 Å². The summed E-state index contributed by atoms with van der Waals surface area (Å²) in [5, 5.41) is 0.594. The molecule has 1 aromatic heterocycles. The van der Waals surface area contributed by atoms with Crippen molar-refractivity contribution in [2.24, 2.45) is 5.73 Å². The quantitative estimate of drug-likeness (QED) is 0.355. The average molecular weight is 463 g/mol. The van der Waals surface area contributed by atoms with Crippen molar-refractivity contribution in [3.05, 3.63) is 105 Å². The number of esters is 2. The molecule has 0 aliphatic carbocycles. The number of pyridine rings is 1. The number of para-hydroxylation sites is 2. The lowest BCUT2D eigenvalue weighted by molar-refractivity contribution is -0.136. The summed E-state index contributed by atoms with van der Waals surface area (Å²) < 4.78 is 11.8. The molecule has 1 heterocycles. The Bertz CT molecular complexity index is 1400. The molecule has 0 spiro atoms. The van der Waals surface area contributed by atoms with E-state index in [0.29, 0.717) is 16.2 Å². The van der Waals surface area contributed by atoms with E-state index in [0.717, 1.165) is 0 Å². The highest BCUT2D eigenvalue weighted by Gasteiger charge is 2.32. The summed E-state index contributed by atoms with van der Waals surface area (Å²) in [6, 6.07) is 20.2. The molecule has 1 atom stereocenters. The maximum Gasteiger partial charge on any atom is 0.355 e. The smallest absolute Gasteiger partial charge is 0.355 e. The van der Waals surface area contributed by atoms with Gasteiger partial charge in [0.25, 0.3) is 0 Å². The molecule has 0 aliphatic rings. The number of hydrogen-bond donors (Lipinski definition) is 1. The van der Waals surface area contributed by atoms with E-state index in [1.807, 2.05) is 6.07 Å². The third-order valence-corrected chi connectivity index (χ3v) is 5.32. The van der Waals surface area contributed by atoms with Gasteiger partial charge in [-0.2, -0.15) is 0 Å². The Morgan fingerprint density at radius 3 is 2.24 bits per heavy atom. The second-order valence-corrected chi connectivity index (χ2v) is 7.56. The van der Waals surface area contributed by atoms with Gasteiger partial charge >= 0.3 is 11.9 Å². The largest absolute Gasteiger partial charge is 0.464 e. The summed E-state index contributed by atoms with van der Waals surface area (Å²) in [6.07, 6.45) is 0. The lowest BCUT2D eigenvalue weighted by atomic mass is 10.00. The molecule has 0 fully saturated rings. The highest BCUT2D eigenvalue weighted by molar-refractivity contribution is 6.31. The molecule has 4 aromatic rings.